The third-order valence-corrected chi connectivity index (χ3v) is 7.11. The van der Waals surface area contributed by atoms with E-state index in [-0.39, 0.29) is 41.2 Å². The number of aldehydes is 1. The van der Waals surface area contributed by atoms with Crippen molar-refractivity contribution < 1.29 is 23.5 Å². The number of amides is 1. The maximum absolute atomic E-state index is 14.0. The Hall–Kier alpha value is -3.03. The summed E-state index contributed by atoms with van der Waals surface area (Å²) in [7, 11) is 0. The third-order valence-electron chi connectivity index (χ3n) is 7.11. The van der Waals surface area contributed by atoms with E-state index in [9.17, 15) is 28.3 Å². The number of benzene rings is 1. The molecule has 8 heteroatoms. The molecule has 6 nitrogen and oxygen atoms in total. The number of carbonyl (C=O) groups excluding carboxylic acids is 2. The molecule has 176 valence electrons. The Balaban J connectivity index is 1.76. The van der Waals surface area contributed by atoms with E-state index < -0.39 is 28.7 Å². The predicted molar refractivity (Wildman–Crippen MR) is 119 cm³/mol. The third kappa shape index (κ3) is 4.30. The van der Waals surface area contributed by atoms with Gasteiger partial charge in [0.2, 0.25) is 5.43 Å². The van der Waals surface area contributed by atoms with Gasteiger partial charge in [-0.15, -0.1) is 0 Å². The van der Waals surface area contributed by atoms with E-state index in [2.05, 4.69) is 5.32 Å². The first-order valence-corrected chi connectivity index (χ1v) is 11.5. The second-order valence-electron chi connectivity index (χ2n) is 9.17. The average Bonchev–Trinajstić information content (AvgIpc) is 2.95. The Bertz CT molecular complexity index is 1140. The molecule has 1 aromatic carbocycles. The molecule has 0 spiro atoms. The highest BCUT2D eigenvalue weighted by atomic mass is 19.1. The van der Waals surface area contributed by atoms with Gasteiger partial charge in [0.05, 0.1) is 0 Å². The minimum atomic E-state index is -0.895. The molecule has 1 aliphatic heterocycles. The van der Waals surface area contributed by atoms with Crippen LogP contribution in [0.25, 0.3) is 0 Å². The number of aromatic hydroxyl groups is 1. The van der Waals surface area contributed by atoms with E-state index >= 15 is 0 Å². The number of nitrogens with one attached hydrogen (secondary N) is 1. The Morgan fingerprint density at radius 1 is 1.21 bits per heavy atom. The average molecular weight is 459 g/mol. The summed E-state index contributed by atoms with van der Waals surface area (Å²) >= 11 is 0. The SMILES string of the molecule is C[C@@H]1CC(C2CCCCCC2)c2c(C(=O)NCc3ccc(F)cc3F)c(=O)c(O)c(C=O)n21. The van der Waals surface area contributed by atoms with Crippen LogP contribution in [0.1, 0.15) is 95.9 Å². The number of halogens is 2. The topological polar surface area (TPSA) is 88.4 Å². The molecule has 0 radical (unpaired) electrons. The van der Waals surface area contributed by atoms with Crippen molar-refractivity contribution >= 4 is 12.2 Å². The zero-order chi connectivity index (χ0) is 23.7. The zero-order valence-corrected chi connectivity index (χ0v) is 18.6. The Kier molecular flexibility index (Phi) is 6.63. The van der Waals surface area contributed by atoms with Crippen molar-refractivity contribution in [2.45, 2.75) is 70.4 Å². The van der Waals surface area contributed by atoms with Crippen molar-refractivity contribution in [2.75, 3.05) is 0 Å². The molecule has 1 unspecified atom stereocenters. The number of nitrogens with zero attached hydrogens (tertiary/aromatic N) is 1. The molecule has 2 aromatic rings. The van der Waals surface area contributed by atoms with Gasteiger partial charge < -0.3 is 15.0 Å². The molecule has 0 saturated heterocycles. The van der Waals surface area contributed by atoms with E-state index in [4.69, 9.17) is 0 Å². The van der Waals surface area contributed by atoms with E-state index in [1.165, 1.54) is 6.07 Å². The van der Waals surface area contributed by atoms with Gasteiger partial charge in [0.1, 0.15) is 22.9 Å². The number of carbonyl (C=O) groups is 2. The molecule has 2 aliphatic rings. The number of hydrogen-bond donors (Lipinski definition) is 2. The molecule has 1 aliphatic carbocycles. The molecule has 33 heavy (non-hydrogen) atoms. The second-order valence-corrected chi connectivity index (χ2v) is 9.17. The van der Waals surface area contributed by atoms with Crippen LogP contribution in [0, 0.1) is 17.6 Å². The maximum Gasteiger partial charge on any atom is 0.257 e. The fourth-order valence-corrected chi connectivity index (χ4v) is 5.53. The van der Waals surface area contributed by atoms with Crippen LogP contribution in [0.5, 0.6) is 5.75 Å². The van der Waals surface area contributed by atoms with Crippen molar-refractivity contribution in [1.29, 1.82) is 0 Å². The fourth-order valence-electron chi connectivity index (χ4n) is 5.53. The van der Waals surface area contributed by atoms with Crippen molar-refractivity contribution in [3.05, 3.63) is 62.6 Å². The second kappa shape index (κ2) is 9.45. The smallest absolute Gasteiger partial charge is 0.257 e. The monoisotopic (exact) mass is 458 g/mol. The highest BCUT2D eigenvalue weighted by Crippen LogP contribution is 2.47. The Labute approximate surface area is 190 Å². The first-order chi connectivity index (χ1) is 15.8. The summed E-state index contributed by atoms with van der Waals surface area (Å²) in [4.78, 5) is 38.1. The quantitative estimate of drug-likeness (QED) is 0.507. The summed E-state index contributed by atoms with van der Waals surface area (Å²) in [6.45, 7) is 1.66. The molecule has 1 saturated carbocycles. The molecule has 2 atom stereocenters. The van der Waals surface area contributed by atoms with Gasteiger partial charge in [0.15, 0.2) is 12.0 Å². The largest absolute Gasteiger partial charge is 0.503 e. The molecule has 1 amide bonds. The number of rotatable bonds is 5. The van der Waals surface area contributed by atoms with Crippen molar-refractivity contribution in [3.8, 4) is 5.75 Å². The fraction of sp³-hybridized carbons (Fsp3) is 0.480. The number of hydrogen-bond acceptors (Lipinski definition) is 4. The van der Waals surface area contributed by atoms with Crippen LogP contribution in [0.4, 0.5) is 8.78 Å². The molecule has 1 fully saturated rings. The summed E-state index contributed by atoms with van der Waals surface area (Å²) in [5, 5.41) is 13.0. The van der Waals surface area contributed by atoms with Crippen LogP contribution in [-0.4, -0.2) is 21.9 Å². The van der Waals surface area contributed by atoms with Crippen LogP contribution in [0.15, 0.2) is 23.0 Å². The number of fused-ring (bicyclic) bond motifs is 1. The molecule has 1 aromatic heterocycles. The van der Waals surface area contributed by atoms with Crippen LogP contribution >= 0.6 is 0 Å². The minimum absolute atomic E-state index is 0.0731. The summed E-state index contributed by atoms with van der Waals surface area (Å²) in [5.74, 6) is -2.84. The van der Waals surface area contributed by atoms with Crippen LogP contribution in [-0.2, 0) is 6.54 Å². The first-order valence-electron chi connectivity index (χ1n) is 11.5. The number of aromatic nitrogens is 1. The predicted octanol–water partition coefficient (Wildman–Crippen LogP) is 4.59. The van der Waals surface area contributed by atoms with Gasteiger partial charge in [-0.05, 0) is 38.2 Å². The Morgan fingerprint density at radius 3 is 2.55 bits per heavy atom. The van der Waals surface area contributed by atoms with E-state index in [1.54, 1.807) is 4.57 Å². The highest BCUT2D eigenvalue weighted by Gasteiger charge is 2.40. The van der Waals surface area contributed by atoms with E-state index in [0.29, 0.717) is 18.4 Å². The summed E-state index contributed by atoms with van der Waals surface area (Å²) < 4.78 is 28.8. The van der Waals surface area contributed by atoms with Gasteiger partial charge in [-0.25, -0.2) is 8.78 Å². The van der Waals surface area contributed by atoms with Gasteiger partial charge in [-0.2, -0.15) is 0 Å². The lowest BCUT2D eigenvalue weighted by molar-refractivity contribution is 0.0945. The molecule has 2 heterocycles. The van der Waals surface area contributed by atoms with Crippen molar-refractivity contribution in [3.63, 3.8) is 0 Å². The lowest BCUT2D eigenvalue weighted by Crippen LogP contribution is -2.33. The molecule has 4 rings (SSSR count). The van der Waals surface area contributed by atoms with Crippen LogP contribution in [0.3, 0.4) is 0 Å². The van der Waals surface area contributed by atoms with Gasteiger partial charge in [0.25, 0.3) is 5.91 Å². The van der Waals surface area contributed by atoms with Gasteiger partial charge >= 0.3 is 0 Å². The van der Waals surface area contributed by atoms with E-state index in [0.717, 1.165) is 50.7 Å². The molecule has 0 bridgehead atoms. The Morgan fingerprint density at radius 2 is 1.91 bits per heavy atom. The van der Waals surface area contributed by atoms with E-state index in [1.807, 2.05) is 6.92 Å². The van der Waals surface area contributed by atoms with Crippen LogP contribution in [0.2, 0.25) is 0 Å². The summed E-state index contributed by atoms with van der Waals surface area (Å²) in [6, 6.07) is 2.88. The summed E-state index contributed by atoms with van der Waals surface area (Å²) in [6.07, 6.45) is 7.53. The van der Waals surface area contributed by atoms with Gasteiger partial charge in [-0.1, -0.05) is 31.7 Å². The lowest BCUT2D eigenvalue weighted by Gasteiger charge is -2.24. The highest BCUT2D eigenvalue weighted by molar-refractivity contribution is 5.97. The van der Waals surface area contributed by atoms with Gasteiger partial charge in [0, 0.05) is 35.8 Å². The normalized spacial score (nSPS) is 20.8. The standard InChI is InChI=1S/C25H28F2N2O4/c1-14-10-18(15-6-4-2-3-5-7-15)22-21(24(32)23(31)20(13-30)29(14)22)25(33)28-12-16-8-9-17(26)11-19(16)27/h8-9,11,13-15,18,31H,2-7,10,12H2,1H3,(H,28,33)/t14-,18?/m1/s1. The zero-order valence-electron chi connectivity index (χ0n) is 18.6. The van der Waals surface area contributed by atoms with Gasteiger partial charge in [-0.3, -0.25) is 14.4 Å². The first kappa shape index (κ1) is 23.1. The van der Waals surface area contributed by atoms with Crippen molar-refractivity contribution in [2.24, 2.45) is 5.92 Å². The maximum atomic E-state index is 14.0. The van der Waals surface area contributed by atoms with Crippen molar-refractivity contribution in [1.82, 2.24) is 9.88 Å². The number of pyridine rings is 1. The summed E-state index contributed by atoms with van der Waals surface area (Å²) in [5.41, 5.74) is -0.646. The lowest BCUT2D eigenvalue weighted by atomic mass is 9.81. The molecular weight excluding hydrogens is 430 g/mol. The van der Waals surface area contributed by atoms with Crippen LogP contribution < -0.4 is 10.7 Å². The molecular formula is C25H28F2N2O4. The molecule has 2 N–H and O–H groups in total. The minimum Gasteiger partial charge on any atom is -0.503 e.